The fraction of sp³-hybridized carbons (Fsp3) is 0.222. The summed E-state index contributed by atoms with van der Waals surface area (Å²) in [6.07, 6.45) is 3.45. The minimum atomic E-state index is -0.135. The highest BCUT2D eigenvalue weighted by Crippen LogP contribution is 2.15. The topological polar surface area (TPSA) is 72.7 Å². The van der Waals surface area contributed by atoms with Crippen LogP contribution in [0.15, 0.2) is 36.7 Å². The van der Waals surface area contributed by atoms with E-state index in [1.54, 1.807) is 24.5 Å². The summed E-state index contributed by atoms with van der Waals surface area (Å²) >= 11 is 5.84. The predicted octanol–water partition coefficient (Wildman–Crippen LogP) is 3.42. The van der Waals surface area contributed by atoms with E-state index < -0.39 is 0 Å². The summed E-state index contributed by atoms with van der Waals surface area (Å²) in [5, 5.41) is 3.44. The van der Waals surface area contributed by atoms with Crippen LogP contribution in [0, 0.1) is 20.8 Å². The Balaban J connectivity index is 1.70. The van der Waals surface area contributed by atoms with Gasteiger partial charge >= 0.3 is 0 Å². The molecule has 0 saturated heterocycles. The SMILES string of the molecule is Cc1nc(C)n(-c2ncc(NC(=O)Cc3ccc(Cl)cc3)cn2)c1C. The van der Waals surface area contributed by atoms with E-state index in [9.17, 15) is 4.79 Å². The van der Waals surface area contributed by atoms with Crippen LogP contribution in [0.1, 0.15) is 22.8 Å². The van der Waals surface area contributed by atoms with Crippen molar-refractivity contribution < 1.29 is 4.79 Å². The Morgan fingerprint density at radius 3 is 2.32 bits per heavy atom. The normalized spacial score (nSPS) is 10.7. The fourth-order valence-electron chi connectivity index (χ4n) is 2.57. The predicted molar refractivity (Wildman–Crippen MR) is 97.2 cm³/mol. The molecule has 3 rings (SSSR count). The molecule has 0 spiro atoms. The van der Waals surface area contributed by atoms with Crippen molar-refractivity contribution in [3.05, 3.63) is 64.5 Å². The Morgan fingerprint density at radius 1 is 1.12 bits per heavy atom. The number of halogens is 1. The summed E-state index contributed by atoms with van der Waals surface area (Å²) in [4.78, 5) is 25.2. The van der Waals surface area contributed by atoms with Crippen LogP contribution in [0.5, 0.6) is 0 Å². The van der Waals surface area contributed by atoms with Crippen molar-refractivity contribution in [2.24, 2.45) is 0 Å². The number of carbonyl (C=O) groups excluding carboxylic acids is 1. The maximum Gasteiger partial charge on any atom is 0.235 e. The summed E-state index contributed by atoms with van der Waals surface area (Å²) in [7, 11) is 0. The number of imidazole rings is 1. The molecule has 0 radical (unpaired) electrons. The first kappa shape index (κ1) is 17.1. The smallest absolute Gasteiger partial charge is 0.235 e. The molecule has 7 heteroatoms. The van der Waals surface area contributed by atoms with Crippen molar-refractivity contribution in [2.75, 3.05) is 5.32 Å². The lowest BCUT2D eigenvalue weighted by atomic mass is 10.1. The lowest BCUT2D eigenvalue weighted by molar-refractivity contribution is -0.115. The van der Waals surface area contributed by atoms with Gasteiger partial charge in [-0.15, -0.1) is 0 Å². The van der Waals surface area contributed by atoms with Crippen LogP contribution in [0.2, 0.25) is 5.02 Å². The molecule has 3 aromatic rings. The molecule has 128 valence electrons. The summed E-state index contributed by atoms with van der Waals surface area (Å²) in [5.74, 6) is 1.23. The van der Waals surface area contributed by atoms with Gasteiger partial charge in [-0.05, 0) is 38.5 Å². The van der Waals surface area contributed by atoms with E-state index in [1.807, 2.05) is 37.5 Å². The molecular weight excluding hydrogens is 338 g/mol. The standard InChI is InChI=1S/C18H18ClN5O/c1-11-12(2)24(13(3)22-11)18-20-9-16(10-21-18)23-17(25)8-14-4-6-15(19)7-5-14/h4-7,9-10H,8H2,1-3H3,(H,23,25). The Bertz CT molecular complexity index is 900. The number of nitrogens with zero attached hydrogens (tertiary/aromatic N) is 4. The summed E-state index contributed by atoms with van der Waals surface area (Å²) in [5.41, 5.74) is 3.38. The minimum Gasteiger partial charge on any atom is -0.323 e. The van der Waals surface area contributed by atoms with Gasteiger partial charge in [-0.3, -0.25) is 9.36 Å². The van der Waals surface area contributed by atoms with E-state index in [0.29, 0.717) is 16.7 Å². The van der Waals surface area contributed by atoms with E-state index >= 15 is 0 Å². The molecule has 0 aliphatic rings. The number of aryl methyl sites for hydroxylation is 2. The highest BCUT2D eigenvalue weighted by atomic mass is 35.5. The maximum absolute atomic E-state index is 12.1. The third kappa shape index (κ3) is 3.85. The number of nitrogens with one attached hydrogen (secondary N) is 1. The van der Waals surface area contributed by atoms with Gasteiger partial charge in [0.05, 0.1) is 30.2 Å². The van der Waals surface area contributed by atoms with E-state index in [4.69, 9.17) is 11.6 Å². The Morgan fingerprint density at radius 2 is 1.76 bits per heavy atom. The molecular formula is C18H18ClN5O. The van der Waals surface area contributed by atoms with E-state index in [2.05, 4.69) is 20.3 Å². The first-order valence-electron chi connectivity index (χ1n) is 7.83. The molecule has 25 heavy (non-hydrogen) atoms. The summed E-state index contributed by atoms with van der Waals surface area (Å²) in [6, 6.07) is 7.18. The summed E-state index contributed by atoms with van der Waals surface area (Å²) in [6.45, 7) is 5.83. The van der Waals surface area contributed by atoms with Crippen molar-refractivity contribution in [3.63, 3.8) is 0 Å². The van der Waals surface area contributed by atoms with Gasteiger partial charge in [0.15, 0.2) is 0 Å². The molecule has 0 aliphatic carbocycles. The zero-order valence-corrected chi connectivity index (χ0v) is 15.0. The van der Waals surface area contributed by atoms with Gasteiger partial charge in [-0.25, -0.2) is 15.0 Å². The number of hydrogen-bond acceptors (Lipinski definition) is 4. The van der Waals surface area contributed by atoms with Crippen molar-refractivity contribution in [3.8, 4) is 5.95 Å². The van der Waals surface area contributed by atoms with Gasteiger partial charge in [-0.1, -0.05) is 23.7 Å². The van der Waals surface area contributed by atoms with Gasteiger partial charge < -0.3 is 5.32 Å². The van der Waals surface area contributed by atoms with Crippen LogP contribution in [0.3, 0.4) is 0 Å². The number of hydrogen-bond donors (Lipinski definition) is 1. The molecule has 1 aromatic carbocycles. The second kappa shape index (κ2) is 7.03. The van der Waals surface area contributed by atoms with Crippen LogP contribution in [-0.4, -0.2) is 25.4 Å². The molecule has 0 fully saturated rings. The lowest BCUT2D eigenvalue weighted by Crippen LogP contribution is -2.15. The number of rotatable bonds is 4. The highest BCUT2D eigenvalue weighted by Gasteiger charge is 2.12. The van der Waals surface area contributed by atoms with E-state index in [-0.39, 0.29) is 12.3 Å². The van der Waals surface area contributed by atoms with Crippen molar-refractivity contribution in [2.45, 2.75) is 27.2 Å². The molecule has 0 aliphatic heterocycles. The molecule has 1 amide bonds. The van der Waals surface area contributed by atoms with Gasteiger partial charge in [0.25, 0.3) is 0 Å². The number of aromatic nitrogens is 4. The van der Waals surface area contributed by atoms with Gasteiger partial charge in [0, 0.05) is 10.7 Å². The average molecular weight is 356 g/mol. The molecule has 0 saturated carbocycles. The third-order valence-electron chi connectivity index (χ3n) is 3.91. The maximum atomic E-state index is 12.1. The quantitative estimate of drug-likeness (QED) is 0.778. The molecule has 2 aromatic heterocycles. The zero-order chi connectivity index (χ0) is 18.0. The lowest BCUT2D eigenvalue weighted by Gasteiger charge is -2.08. The van der Waals surface area contributed by atoms with Crippen LogP contribution >= 0.6 is 11.6 Å². The highest BCUT2D eigenvalue weighted by molar-refractivity contribution is 6.30. The van der Waals surface area contributed by atoms with Crippen LogP contribution in [0.4, 0.5) is 5.69 Å². The monoisotopic (exact) mass is 355 g/mol. The fourth-order valence-corrected chi connectivity index (χ4v) is 2.69. The molecule has 0 unspecified atom stereocenters. The number of anilines is 1. The average Bonchev–Trinajstić information content (AvgIpc) is 2.83. The third-order valence-corrected chi connectivity index (χ3v) is 4.16. The number of benzene rings is 1. The van der Waals surface area contributed by atoms with Crippen LogP contribution < -0.4 is 5.32 Å². The van der Waals surface area contributed by atoms with Gasteiger partial charge in [0.1, 0.15) is 5.82 Å². The molecule has 6 nitrogen and oxygen atoms in total. The second-order valence-corrected chi connectivity index (χ2v) is 6.22. The van der Waals surface area contributed by atoms with Crippen LogP contribution in [-0.2, 0) is 11.2 Å². The minimum absolute atomic E-state index is 0.135. The Kier molecular flexibility index (Phi) is 4.81. The first-order valence-corrected chi connectivity index (χ1v) is 8.21. The van der Waals surface area contributed by atoms with Gasteiger partial charge in [-0.2, -0.15) is 0 Å². The van der Waals surface area contributed by atoms with Crippen molar-refractivity contribution >= 4 is 23.2 Å². The van der Waals surface area contributed by atoms with Crippen LogP contribution in [0.25, 0.3) is 5.95 Å². The summed E-state index contributed by atoms with van der Waals surface area (Å²) < 4.78 is 1.88. The number of amides is 1. The molecule has 1 N–H and O–H groups in total. The van der Waals surface area contributed by atoms with Gasteiger partial charge in [0.2, 0.25) is 11.9 Å². The zero-order valence-electron chi connectivity index (χ0n) is 14.2. The first-order chi connectivity index (χ1) is 11.9. The largest absolute Gasteiger partial charge is 0.323 e. The Labute approximate surface area is 150 Å². The number of carbonyl (C=O) groups is 1. The van der Waals surface area contributed by atoms with E-state index in [1.165, 1.54) is 0 Å². The van der Waals surface area contributed by atoms with E-state index in [0.717, 1.165) is 22.8 Å². The Hall–Kier alpha value is -2.73. The molecule has 0 atom stereocenters. The second-order valence-electron chi connectivity index (χ2n) is 5.79. The van der Waals surface area contributed by atoms with Crippen molar-refractivity contribution in [1.82, 2.24) is 19.5 Å². The van der Waals surface area contributed by atoms with Crippen molar-refractivity contribution in [1.29, 1.82) is 0 Å². The molecule has 2 heterocycles. The molecule has 0 bridgehead atoms.